The third-order valence-corrected chi connectivity index (χ3v) is 2.26. The Morgan fingerprint density at radius 2 is 2.19 bits per heavy atom. The summed E-state index contributed by atoms with van der Waals surface area (Å²) in [4.78, 5) is 4.31. The summed E-state index contributed by atoms with van der Waals surface area (Å²) in [5.74, 6) is 1.62. The van der Waals surface area contributed by atoms with E-state index in [2.05, 4.69) is 4.99 Å². The minimum Gasteiger partial charge on any atom is -0.496 e. The van der Waals surface area contributed by atoms with E-state index in [1.807, 2.05) is 37.3 Å². The lowest BCUT2D eigenvalue weighted by molar-refractivity contribution is 0.412. The molecular formula is C13H13NO2. The standard InChI is InChI=1S/C13H13NO2/c1-10-8-11(5-6-13(10)15-2)14-9-12-4-3-7-16-12/h3-9H,1-2H3. The lowest BCUT2D eigenvalue weighted by atomic mass is 10.2. The first-order valence-corrected chi connectivity index (χ1v) is 5.02. The van der Waals surface area contributed by atoms with E-state index in [1.165, 1.54) is 0 Å². The molecule has 1 aromatic carbocycles. The predicted molar refractivity (Wildman–Crippen MR) is 63.7 cm³/mol. The fraction of sp³-hybridized carbons (Fsp3) is 0.154. The van der Waals surface area contributed by atoms with Crippen LogP contribution >= 0.6 is 0 Å². The average Bonchev–Trinajstić information content (AvgIpc) is 2.79. The van der Waals surface area contributed by atoms with Crippen molar-refractivity contribution in [3.05, 3.63) is 47.9 Å². The maximum atomic E-state index is 5.18. The van der Waals surface area contributed by atoms with Crippen LogP contribution in [0.1, 0.15) is 11.3 Å². The lowest BCUT2D eigenvalue weighted by Gasteiger charge is -2.03. The molecule has 0 aliphatic rings. The molecule has 0 aliphatic carbocycles. The highest BCUT2D eigenvalue weighted by molar-refractivity contribution is 5.78. The summed E-state index contributed by atoms with van der Waals surface area (Å²) in [5, 5.41) is 0. The first kappa shape index (κ1) is 10.5. The van der Waals surface area contributed by atoms with Gasteiger partial charge in [0.05, 0.1) is 25.3 Å². The van der Waals surface area contributed by atoms with Gasteiger partial charge < -0.3 is 9.15 Å². The topological polar surface area (TPSA) is 34.7 Å². The normalized spacial score (nSPS) is 10.9. The number of benzene rings is 1. The second kappa shape index (κ2) is 4.66. The quantitative estimate of drug-likeness (QED) is 0.736. The number of methoxy groups -OCH3 is 1. The van der Waals surface area contributed by atoms with Crippen molar-refractivity contribution in [2.24, 2.45) is 4.99 Å². The van der Waals surface area contributed by atoms with Crippen molar-refractivity contribution in [3.8, 4) is 5.75 Å². The first-order chi connectivity index (χ1) is 7.79. The molecule has 1 aromatic heterocycles. The van der Waals surface area contributed by atoms with Gasteiger partial charge in [0, 0.05) is 0 Å². The minimum atomic E-state index is 0.744. The van der Waals surface area contributed by atoms with Gasteiger partial charge in [-0.05, 0) is 42.8 Å². The van der Waals surface area contributed by atoms with Gasteiger partial charge in [0.2, 0.25) is 0 Å². The zero-order valence-corrected chi connectivity index (χ0v) is 9.31. The van der Waals surface area contributed by atoms with Crippen molar-refractivity contribution in [1.29, 1.82) is 0 Å². The second-order valence-electron chi connectivity index (χ2n) is 3.43. The van der Waals surface area contributed by atoms with Crippen LogP contribution in [0.25, 0.3) is 0 Å². The van der Waals surface area contributed by atoms with Crippen LogP contribution in [0, 0.1) is 6.92 Å². The number of aliphatic imine (C=N–C) groups is 1. The van der Waals surface area contributed by atoms with Gasteiger partial charge in [-0.3, -0.25) is 4.99 Å². The van der Waals surface area contributed by atoms with Crippen LogP contribution in [0.2, 0.25) is 0 Å². The summed E-state index contributed by atoms with van der Waals surface area (Å²) in [7, 11) is 1.66. The number of furan rings is 1. The molecule has 3 heteroatoms. The van der Waals surface area contributed by atoms with Crippen LogP contribution in [-0.2, 0) is 0 Å². The summed E-state index contributed by atoms with van der Waals surface area (Å²) in [6.45, 7) is 1.99. The SMILES string of the molecule is COc1ccc(N=Cc2ccco2)cc1C. The monoisotopic (exact) mass is 215 g/mol. The fourth-order valence-electron chi connectivity index (χ4n) is 1.45. The molecule has 0 bridgehead atoms. The molecule has 0 aliphatic heterocycles. The van der Waals surface area contributed by atoms with E-state index in [1.54, 1.807) is 19.6 Å². The summed E-state index contributed by atoms with van der Waals surface area (Å²) in [5.41, 5.74) is 1.95. The Morgan fingerprint density at radius 1 is 1.31 bits per heavy atom. The zero-order valence-electron chi connectivity index (χ0n) is 9.31. The zero-order chi connectivity index (χ0) is 11.4. The lowest BCUT2D eigenvalue weighted by Crippen LogP contribution is -1.85. The number of ether oxygens (including phenoxy) is 1. The highest BCUT2D eigenvalue weighted by Gasteiger charge is 1.98. The molecule has 3 nitrogen and oxygen atoms in total. The van der Waals surface area contributed by atoms with Gasteiger partial charge in [-0.15, -0.1) is 0 Å². The molecular weight excluding hydrogens is 202 g/mol. The molecule has 0 atom stereocenters. The molecule has 2 aromatic rings. The average molecular weight is 215 g/mol. The van der Waals surface area contributed by atoms with Crippen molar-refractivity contribution in [2.45, 2.75) is 6.92 Å². The van der Waals surface area contributed by atoms with E-state index in [0.29, 0.717) is 0 Å². The van der Waals surface area contributed by atoms with Crippen LogP contribution in [0.3, 0.4) is 0 Å². The molecule has 1 heterocycles. The van der Waals surface area contributed by atoms with Crippen LogP contribution in [-0.4, -0.2) is 13.3 Å². The fourth-order valence-corrected chi connectivity index (χ4v) is 1.45. The molecule has 16 heavy (non-hydrogen) atoms. The van der Waals surface area contributed by atoms with Gasteiger partial charge in [0.25, 0.3) is 0 Å². The Balaban J connectivity index is 2.19. The summed E-state index contributed by atoms with van der Waals surface area (Å²) < 4.78 is 10.3. The Kier molecular flexibility index (Phi) is 3.05. The number of hydrogen-bond donors (Lipinski definition) is 0. The largest absolute Gasteiger partial charge is 0.496 e. The highest BCUT2D eigenvalue weighted by atomic mass is 16.5. The molecule has 0 radical (unpaired) electrons. The summed E-state index contributed by atoms with van der Waals surface area (Å²) in [6.07, 6.45) is 3.32. The third-order valence-electron chi connectivity index (χ3n) is 2.26. The van der Waals surface area contributed by atoms with Gasteiger partial charge in [0.15, 0.2) is 0 Å². The van der Waals surface area contributed by atoms with Crippen LogP contribution < -0.4 is 4.74 Å². The molecule has 2 rings (SSSR count). The number of aryl methyl sites for hydroxylation is 1. The van der Waals surface area contributed by atoms with E-state index in [-0.39, 0.29) is 0 Å². The van der Waals surface area contributed by atoms with Crippen molar-refractivity contribution < 1.29 is 9.15 Å². The Hall–Kier alpha value is -2.03. The summed E-state index contributed by atoms with van der Waals surface area (Å²) in [6, 6.07) is 9.48. The van der Waals surface area contributed by atoms with Crippen LogP contribution in [0.5, 0.6) is 5.75 Å². The van der Waals surface area contributed by atoms with Crippen LogP contribution in [0.4, 0.5) is 5.69 Å². The Bertz CT molecular complexity index is 487. The molecule has 0 N–H and O–H groups in total. The minimum absolute atomic E-state index is 0.744. The predicted octanol–water partition coefficient (Wildman–Crippen LogP) is 3.35. The van der Waals surface area contributed by atoms with E-state index in [9.17, 15) is 0 Å². The van der Waals surface area contributed by atoms with Gasteiger partial charge in [-0.25, -0.2) is 0 Å². The van der Waals surface area contributed by atoms with Gasteiger partial charge >= 0.3 is 0 Å². The molecule has 0 fully saturated rings. The van der Waals surface area contributed by atoms with Crippen molar-refractivity contribution in [3.63, 3.8) is 0 Å². The van der Waals surface area contributed by atoms with E-state index in [0.717, 1.165) is 22.8 Å². The number of nitrogens with zero attached hydrogens (tertiary/aromatic N) is 1. The molecule has 0 saturated heterocycles. The second-order valence-corrected chi connectivity index (χ2v) is 3.43. The highest BCUT2D eigenvalue weighted by Crippen LogP contribution is 2.23. The van der Waals surface area contributed by atoms with E-state index < -0.39 is 0 Å². The summed E-state index contributed by atoms with van der Waals surface area (Å²) >= 11 is 0. The van der Waals surface area contributed by atoms with Gasteiger partial charge in [-0.1, -0.05) is 0 Å². The van der Waals surface area contributed by atoms with E-state index in [4.69, 9.17) is 9.15 Å². The maximum absolute atomic E-state index is 5.18. The number of hydrogen-bond acceptors (Lipinski definition) is 3. The van der Waals surface area contributed by atoms with Crippen LogP contribution in [0.15, 0.2) is 46.0 Å². The molecule has 0 spiro atoms. The van der Waals surface area contributed by atoms with E-state index >= 15 is 0 Å². The molecule has 82 valence electrons. The van der Waals surface area contributed by atoms with Gasteiger partial charge in [-0.2, -0.15) is 0 Å². The molecule has 0 unspecified atom stereocenters. The Morgan fingerprint density at radius 3 is 2.81 bits per heavy atom. The third kappa shape index (κ3) is 2.31. The van der Waals surface area contributed by atoms with Gasteiger partial charge in [0.1, 0.15) is 11.5 Å². The van der Waals surface area contributed by atoms with Crippen molar-refractivity contribution in [2.75, 3.05) is 7.11 Å². The first-order valence-electron chi connectivity index (χ1n) is 5.02. The molecule has 0 amide bonds. The number of rotatable bonds is 3. The maximum Gasteiger partial charge on any atom is 0.144 e. The molecule has 0 saturated carbocycles. The smallest absolute Gasteiger partial charge is 0.144 e. The Labute approximate surface area is 94.4 Å². The van der Waals surface area contributed by atoms with Crippen molar-refractivity contribution in [1.82, 2.24) is 0 Å². The van der Waals surface area contributed by atoms with Crippen molar-refractivity contribution >= 4 is 11.9 Å².